The lowest BCUT2D eigenvalue weighted by Crippen LogP contribution is -2.30. The smallest absolute Gasteiger partial charge is 0.227 e. The number of likely N-dealkylation sites (N-methyl/N-ethyl adjacent to an activating group) is 2. The van der Waals surface area contributed by atoms with Crippen LogP contribution in [0, 0.1) is 0 Å². The van der Waals surface area contributed by atoms with E-state index in [9.17, 15) is 0 Å². The summed E-state index contributed by atoms with van der Waals surface area (Å²) in [4.78, 5) is 18.6. The fourth-order valence-electron chi connectivity index (χ4n) is 2.60. The average molecular weight is 366 g/mol. The Balaban J connectivity index is 2.77. The SMILES string of the molecule is CCN(CC)CCNc1nc(NCCN(CC)CC)nc(C(C)(C)C)n1. The highest BCUT2D eigenvalue weighted by Gasteiger charge is 2.20. The molecule has 150 valence electrons. The van der Waals surface area contributed by atoms with Crippen LogP contribution in [-0.2, 0) is 5.41 Å². The van der Waals surface area contributed by atoms with Gasteiger partial charge < -0.3 is 20.4 Å². The minimum Gasteiger partial charge on any atom is -0.353 e. The van der Waals surface area contributed by atoms with E-state index in [0.29, 0.717) is 11.9 Å². The number of hydrogen-bond acceptors (Lipinski definition) is 7. The zero-order chi connectivity index (χ0) is 19.6. The van der Waals surface area contributed by atoms with Gasteiger partial charge in [0, 0.05) is 31.6 Å². The summed E-state index contributed by atoms with van der Waals surface area (Å²) in [6.07, 6.45) is 0. The van der Waals surface area contributed by atoms with Gasteiger partial charge in [-0.25, -0.2) is 0 Å². The van der Waals surface area contributed by atoms with E-state index in [4.69, 9.17) is 0 Å². The second-order valence-electron chi connectivity index (χ2n) is 7.46. The highest BCUT2D eigenvalue weighted by atomic mass is 15.2. The zero-order valence-electron chi connectivity index (χ0n) is 17.9. The molecule has 0 aliphatic heterocycles. The number of nitrogens with zero attached hydrogens (tertiary/aromatic N) is 5. The van der Waals surface area contributed by atoms with Crippen molar-refractivity contribution in [3.05, 3.63) is 5.82 Å². The first kappa shape index (κ1) is 22.6. The summed E-state index contributed by atoms with van der Waals surface area (Å²) in [5.74, 6) is 2.12. The van der Waals surface area contributed by atoms with E-state index in [2.05, 4.69) is 83.9 Å². The van der Waals surface area contributed by atoms with Crippen LogP contribution in [-0.4, -0.2) is 77.1 Å². The van der Waals surface area contributed by atoms with Gasteiger partial charge in [-0.05, 0) is 26.2 Å². The molecule has 7 heteroatoms. The van der Waals surface area contributed by atoms with Crippen molar-refractivity contribution in [2.45, 2.75) is 53.9 Å². The standard InChI is InChI=1S/C19H39N7/c1-8-25(9-2)14-12-20-17-22-16(19(5,6)7)23-18(24-17)21-13-15-26(10-3)11-4/h8-15H2,1-7H3,(H2,20,21,22,23,24). The third-order valence-electron chi connectivity index (χ3n) is 4.52. The Bertz CT molecular complexity index is 469. The van der Waals surface area contributed by atoms with Gasteiger partial charge in [-0.2, -0.15) is 15.0 Å². The third kappa shape index (κ3) is 7.83. The van der Waals surface area contributed by atoms with Crippen molar-refractivity contribution >= 4 is 11.9 Å². The van der Waals surface area contributed by atoms with Gasteiger partial charge in [0.25, 0.3) is 0 Å². The Morgan fingerprint density at radius 1 is 0.692 bits per heavy atom. The fourth-order valence-corrected chi connectivity index (χ4v) is 2.60. The summed E-state index contributed by atoms with van der Waals surface area (Å²) in [6, 6.07) is 0. The second kappa shape index (κ2) is 11.3. The lowest BCUT2D eigenvalue weighted by atomic mass is 9.96. The first-order chi connectivity index (χ1) is 12.3. The van der Waals surface area contributed by atoms with E-state index in [-0.39, 0.29) is 5.41 Å². The first-order valence-corrected chi connectivity index (χ1v) is 10.0. The van der Waals surface area contributed by atoms with Crippen LogP contribution >= 0.6 is 0 Å². The summed E-state index contributed by atoms with van der Waals surface area (Å²) >= 11 is 0. The van der Waals surface area contributed by atoms with E-state index in [0.717, 1.165) is 58.2 Å². The summed E-state index contributed by atoms with van der Waals surface area (Å²) in [6.45, 7) is 23.0. The molecule has 0 amide bonds. The van der Waals surface area contributed by atoms with Crippen LogP contribution in [0.5, 0.6) is 0 Å². The van der Waals surface area contributed by atoms with Gasteiger partial charge in [-0.3, -0.25) is 0 Å². The average Bonchev–Trinajstić information content (AvgIpc) is 2.61. The quantitative estimate of drug-likeness (QED) is 0.590. The van der Waals surface area contributed by atoms with Crippen LogP contribution in [0.1, 0.15) is 54.3 Å². The third-order valence-corrected chi connectivity index (χ3v) is 4.52. The lowest BCUT2D eigenvalue weighted by molar-refractivity contribution is 0.315. The summed E-state index contributed by atoms with van der Waals surface area (Å²) in [5, 5.41) is 6.73. The maximum Gasteiger partial charge on any atom is 0.227 e. The van der Waals surface area contributed by atoms with Gasteiger partial charge >= 0.3 is 0 Å². The molecule has 0 aliphatic rings. The molecule has 0 unspecified atom stereocenters. The molecule has 0 saturated heterocycles. The molecule has 0 atom stereocenters. The predicted molar refractivity (Wildman–Crippen MR) is 111 cm³/mol. The molecule has 1 heterocycles. The minimum atomic E-state index is -0.118. The van der Waals surface area contributed by atoms with Crippen LogP contribution in [0.4, 0.5) is 11.9 Å². The van der Waals surface area contributed by atoms with Crippen LogP contribution in [0.25, 0.3) is 0 Å². The Kier molecular flexibility index (Phi) is 9.80. The van der Waals surface area contributed by atoms with E-state index in [1.54, 1.807) is 0 Å². The molecule has 0 saturated carbocycles. The molecule has 2 N–H and O–H groups in total. The predicted octanol–water partition coefficient (Wildman–Crippen LogP) is 2.68. The largest absolute Gasteiger partial charge is 0.353 e. The molecule has 0 spiro atoms. The maximum atomic E-state index is 4.63. The monoisotopic (exact) mass is 365 g/mol. The lowest BCUT2D eigenvalue weighted by Gasteiger charge is -2.21. The number of aromatic nitrogens is 3. The van der Waals surface area contributed by atoms with Crippen molar-refractivity contribution in [3.8, 4) is 0 Å². The fraction of sp³-hybridized carbons (Fsp3) is 0.842. The van der Waals surface area contributed by atoms with Crippen LogP contribution in [0.15, 0.2) is 0 Å². The second-order valence-corrected chi connectivity index (χ2v) is 7.46. The van der Waals surface area contributed by atoms with Crippen molar-refractivity contribution in [2.75, 3.05) is 63.0 Å². The van der Waals surface area contributed by atoms with Crippen molar-refractivity contribution < 1.29 is 0 Å². The van der Waals surface area contributed by atoms with Gasteiger partial charge in [0.1, 0.15) is 5.82 Å². The Morgan fingerprint density at radius 3 is 1.38 bits per heavy atom. The number of rotatable bonds is 12. The van der Waals surface area contributed by atoms with E-state index in [1.165, 1.54) is 0 Å². The molecule has 7 nitrogen and oxygen atoms in total. The Hall–Kier alpha value is -1.47. The minimum absolute atomic E-state index is 0.118. The van der Waals surface area contributed by atoms with E-state index < -0.39 is 0 Å². The summed E-state index contributed by atoms with van der Waals surface area (Å²) in [5.41, 5.74) is -0.118. The van der Waals surface area contributed by atoms with Crippen LogP contribution in [0.2, 0.25) is 0 Å². The summed E-state index contributed by atoms with van der Waals surface area (Å²) in [7, 11) is 0. The van der Waals surface area contributed by atoms with Gasteiger partial charge in [0.2, 0.25) is 11.9 Å². The Labute approximate surface area is 160 Å². The molecule has 0 radical (unpaired) electrons. The topological polar surface area (TPSA) is 69.2 Å². The molecule has 1 aromatic heterocycles. The highest BCUT2D eigenvalue weighted by Crippen LogP contribution is 2.20. The van der Waals surface area contributed by atoms with Crippen molar-refractivity contribution in [1.29, 1.82) is 0 Å². The molecule has 0 bridgehead atoms. The first-order valence-electron chi connectivity index (χ1n) is 10.0. The molecule has 26 heavy (non-hydrogen) atoms. The normalized spacial score (nSPS) is 12.0. The molecule has 0 aromatic carbocycles. The van der Waals surface area contributed by atoms with E-state index in [1.807, 2.05) is 0 Å². The maximum absolute atomic E-state index is 4.63. The van der Waals surface area contributed by atoms with Crippen molar-refractivity contribution in [3.63, 3.8) is 0 Å². The van der Waals surface area contributed by atoms with E-state index >= 15 is 0 Å². The molecule has 1 rings (SSSR count). The van der Waals surface area contributed by atoms with Crippen molar-refractivity contribution in [1.82, 2.24) is 24.8 Å². The van der Waals surface area contributed by atoms with Gasteiger partial charge in [0.15, 0.2) is 0 Å². The van der Waals surface area contributed by atoms with Crippen molar-refractivity contribution in [2.24, 2.45) is 0 Å². The van der Waals surface area contributed by atoms with Gasteiger partial charge in [-0.1, -0.05) is 48.5 Å². The molecular formula is C19H39N7. The van der Waals surface area contributed by atoms with Gasteiger partial charge in [-0.15, -0.1) is 0 Å². The van der Waals surface area contributed by atoms with Gasteiger partial charge in [0.05, 0.1) is 0 Å². The highest BCUT2D eigenvalue weighted by molar-refractivity contribution is 5.35. The number of nitrogens with one attached hydrogen (secondary N) is 2. The Morgan fingerprint density at radius 2 is 1.08 bits per heavy atom. The zero-order valence-corrected chi connectivity index (χ0v) is 17.9. The molecule has 0 fully saturated rings. The number of anilines is 2. The van der Waals surface area contributed by atoms with Crippen LogP contribution in [0.3, 0.4) is 0 Å². The number of hydrogen-bond donors (Lipinski definition) is 2. The molecule has 0 aliphatic carbocycles. The van der Waals surface area contributed by atoms with Crippen LogP contribution < -0.4 is 10.6 Å². The molecule has 1 aromatic rings. The molecular weight excluding hydrogens is 326 g/mol. The summed E-state index contributed by atoms with van der Waals surface area (Å²) < 4.78 is 0.